The molecule has 3 aromatic rings. The summed E-state index contributed by atoms with van der Waals surface area (Å²) in [4.78, 5) is 23.6. The van der Waals surface area contributed by atoms with Gasteiger partial charge in [-0.15, -0.1) is 0 Å². The maximum Gasteiger partial charge on any atom is 0.329 e. The van der Waals surface area contributed by atoms with Crippen molar-refractivity contribution < 1.29 is 14.3 Å². The highest BCUT2D eigenvalue weighted by Crippen LogP contribution is 2.55. The predicted octanol–water partition coefficient (Wildman–Crippen LogP) is 3.74. The molecule has 0 bridgehead atoms. The lowest BCUT2D eigenvalue weighted by atomic mass is 10.3. The fraction of sp³-hybridized carbons (Fsp3) is 0.200. The molecule has 1 aliphatic rings. The lowest BCUT2D eigenvalue weighted by Crippen LogP contribution is -2.36. The summed E-state index contributed by atoms with van der Waals surface area (Å²) in [7, 11) is -1.91. The van der Waals surface area contributed by atoms with Crippen LogP contribution in [0.2, 0.25) is 0 Å². The monoisotopic (exact) mass is 450 g/mol. The molecular formula is C25H25NO3PS+. The second-order valence-corrected chi connectivity index (χ2v) is 12.0. The van der Waals surface area contributed by atoms with Gasteiger partial charge < -0.3 is 10.1 Å². The summed E-state index contributed by atoms with van der Waals surface area (Å²) in [6.45, 7) is 0.337. The number of carbonyl (C=O) groups is 2. The first-order chi connectivity index (χ1) is 15.2. The van der Waals surface area contributed by atoms with E-state index in [9.17, 15) is 9.59 Å². The third-order valence-corrected chi connectivity index (χ3v) is 10.8. The number of rotatable bonds is 8. The smallest absolute Gasteiger partial charge is 0.329 e. The number of nitrogens with one attached hydrogen (secondary N) is 1. The van der Waals surface area contributed by atoms with Gasteiger partial charge in [-0.05, 0) is 36.4 Å². The van der Waals surface area contributed by atoms with Gasteiger partial charge in [0.2, 0.25) is 0 Å². The van der Waals surface area contributed by atoms with Crippen LogP contribution in [-0.2, 0) is 9.53 Å². The number of hydrogen-bond acceptors (Lipinski definition) is 4. The number of carbonyl (C=O) groups excluding carboxylic acids is 2. The number of benzene rings is 3. The Morgan fingerprint density at radius 3 is 1.77 bits per heavy atom. The van der Waals surface area contributed by atoms with Gasteiger partial charge in [0.1, 0.15) is 29.2 Å². The van der Waals surface area contributed by atoms with Crippen LogP contribution in [0, 0.1) is 0 Å². The molecule has 0 aliphatic carbocycles. The number of ether oxygens (including phenoxy) is 1. The van der Waals surface area contributed by atoms with Crippen molar-refractivity contribution in [3.05, 3.63) is 91.0 Å². The van der Waals surface area contributed by atoms with Gasteiger partial charge in [0.25, 0.3) is 5.24 Å². The Bertz CT molecular complexity index is 918. The molecule has 4 nitrogen and oxygen atoms in total. The van der Waals surface area contributed by atoms with E-state index in [0.717, 1.165) is 24.3 Å². The maximum absolute atomic E-state index is 12.3. The Morgan fingerprint density at radius 2 is 1.35 bits per heavy atom. The predicted molar refractivity (Wildman–Crippen MR) is 130 cm³/mol. The minimum absolute atomic E-state index is 0.163. The van der Waals surface area contributed by atoms with Crippen molar-refractivity contribution in [3.63, 3.8) is 0 Å². The van der Waals surface area contributed by atoms with E-state index in [4.69, 9.17) is 4.74 Å². The molecule has 0 aromatic heterocycles. The summed E-state index contributed by atoms with van der Waals surface area (Å²) in [5.41, 5.74) is 0. The Balaban J connectivity index is 1.60. The molecule has 1 aliphatic heterocycles. The summed E-state index contributed by atoms with van der Waals surface area (Å²) in [5.74, 6) is 0.0912. The highest BCUT2D eigenvalue weighted by atomic mass is 32.2. The molecular weight excluding hydrogens is 425 g/mol. The van der Waals surface area contributed by atoms with Gasteiger partial charge in [-0.2, -0.15) is 0 Å². The third-order valence-electron chi connectivity index (χ3n) is 5.43. The van der Waals surface area contributed by atoms with E-state index in [-0.39, 0.29) is 11.2 Å². The van der Waals surface area contributed by atoms with Crippen LogP contribution < -0.4 is 21.2 Å². The van der Waals surface area contributed by atoms with Gasteiger partial charge in [-0.3, -0.25) is 4.79 Å². The molecule has 0 saturated carbocycles. The van der Waals surface area contributed by atoms with Crippen LogP contribution in [0.25, 0.3) is 0 Å². The topological polar surface area (TPSA) is 55.4 Å². The van der Waals surface area contributed by atoms with Gasteiger partial charge in [0.05, 0.1) is 12.8 Å². The SMILES string of the molecule is O=C1NC(C(=O)OCCC[P+](c2ccccc2)(c2ccccc2)c2ccccc2)CS1. The molecule has 0 radical (unpaired) electrons. The minimum Gasteiger partial charge on any atom is -0.464 e. The Labute approximate surface area is 187 Å². The summed E-state index contributed by atoms with van der Waals surface area (Å²) >= 11 is 1.12. The Kier molecular flexibility index (Phi) is 7.06. The van der Waals surface area contributed by atoms with Crippen LogP contribution in [-0.4, -0.2) is 35.8 Å². The minimum atomic E-state index is -1.91. The van der Waals surface area contributed by atoms with Gasteiger partial charge in [0, 0.05) is 12.2 Å². The standard InChI is InChI=1S/C25H24NO3PS/c27-24(23-19-31-25(28)26-23)29-17-10-18-30(20-11-4-1-5-12-20,21-13-6-2-7-14-21)22-15-8-3-9-16-22/h1-9,11-16,23H,10,17-19H2/p+1. The number of thioether (sulfide) groups is 1. The summed E-state index contributed by atoms with van der Waals surface area (Å²) in [5, 5.41) is 6.44. The van der Waals surface area contributed by atoms with Crippen LogP contribution in [0.4, 0.5) is 4.79 Å². The molecule has 1 N–H and O–H groups in total. The fourth-order valence-electron chi connectivity index (χ4n) is 3.97. The Morgan fingerprint density at radius 1 is 0.871 bits per heavy atom. The number of hydrogen-bond donors (Lipinski definition) is 1. The van der Waals surface area contributed by atoms with Gasteiger partial charge in [-0.1, -0.05) is 66.4 Å². The van der Waals surface area contributed by atoms with E-state index in [1.807, 2.05) is 18.2 Å². The molecule has 158 valence electrons. The highest BCUT2D eigenvalue weighted by Gasteiger charge is 2.44. The van der Waals surface area contributed by atoms with Crippen molar-refractivity contribution in [2.45, 2.75) is 12.5 Å². The molecule has 1 saturated heterocycles. The van der Waals surface area contributed by atoms with Crippen molar-refractivity contribution in [2.75, 3.05) is 18.5 Å². The molecule has 1 amide bonds. The molecule has 4 rings (SSSR count). The zero-order chi connectivity index (χ0) is 21.5. The van der Waals surface area contributed by atoms with E-state index >= 15 is 0 Å². The van der Waals surface area contributed by atoms with Gasteiger partial charge in [0.15, 0.2) is 0 Å². The van der Waals surface area contributed by atoms with E-state index in [1.54, 1.807) is 0 Å². The van der Waals surface area contributed by atoms with Crippen LogP contribution >= 0.6 is 19.0 Å². The van der Waals surface area contributed by atoms with Gasteiger partial charge in [-0.25, -0.2) is 4.79 Å². The van der Waals surface area contributed by atoms with Crippen molar-refractivity contribution in [3.8, 4) is 0 Å². The van der Waals surface area contributed by atoms with Crippen molar-refractivity contribution >= 4 is 46.1 Å². The quantitative estimate of drug-likeness (QED) is 0.323. The third kappa shape index (κ3) is 4.84. The molecule has 31 heavy (non-hydrogen) atoms. The molecule has 1 heterocycles. The average Bonchev–Trinajstić information content (AvgIpc) is 3.27. The molecule has 1 fully saturated rings. The average molecular weight is 451 g/mol. The lowest BCUT2D eigenvalue weighted by molar-refractivity contribution is -0.145. The first kappa shape index (κ1) is 21.6. The first-order valence-electron chi connectivity index (χ1n) is 10.3. The van der Waals surface area contributed by atoms with Gasteiger partial charge >= 0.3 is 5.97 Å². The number of esters is 1. The van der Waals surface area contributed by atoms with Crippen molar-refractivity contribution in [2.24, 2.45) is 0 Å². The van der Waals surface area contributed by atoms with E-state index in [2.05, 4.69) is 78.1 Å². The van der Waals surface area contributed by atoms with Crippen LogP contribution in [0.1, 0.15) is 6.42 Å². The molecule has 6 heteroatoms. The zero-order valence-electron chi connectivity index (χ0n) is 17.1. The molecule has 3 aromatic carbocycles. The normalized spacial score (nSPS) is 16.0. The fourth-order valence-corrected chi connectivity index (χ4v) is 9.05. The number of amides is 1. The lowest BCUT2D eigenvalue weighted by Gasteiger charge is -2.27. The molecule has 1 atom stereocenters. The summed E-state index contributed by atoms with van der Waals surface area (Å²) in [6.07, 6.45) is 1.64. The van der Waals surface area contributed by atoms with Crippen LogP contribution in [0.3, 0.4) is 0 Å². The van der Waals surface area contributed by atoms with E-state index in [1.165, 1.54) is 15.9 Å². The Hall–Kier alpha value is -2.62. The first-order valence-corrected chi connectivity index (χ1v) is 13.3. The van der Waals surface area contributed by atoms with Crippen molar-refractivity contribution in [1.82, 2.24) is 5.32 Å². The van der Waals surface area contributed by atoms with E-state index < -0.39 is 13.3 Å². The highest BCUT2D eigenvalue weighted by molar-refractivity contribution is 8.14. The maximum atomic E-state index is 12.3. The zero-order valence-corrected chi connectivity index (χ0v) is 18.9. The molecule has 0 spiro atoms. The molecule has 1 unspecified atom stereocenters. The largest absolute Gasteiger partial charge is 0.464 e. The van der Waals surface area contributed by atoms with Crippen molar-refractivity contribution in [1.29, 1.82) is 0 Å². The second kappa shape index (κ2) is 10.1. The second-order valence-electron chi connectivity index (χ2n) is 7.36. The van der Waals surface area contributed by atoms with Crippen LogP contribution in [0.15, 0.2) is 91.0 Å². The van der Waals surface area contributed by atoms with E-state index in [0.29, 0.717) is 12.4 Å². The summed E-state index contributed by atoms with van der Waals surface area (Å²) in [6, 6.07) is 31.4. The van der Waals surface area contributed by atoms with Crippen LogP contribution in [0.5, 0.6) is 0 Å². The summed E-state index contributed by atoms with van der Waals surface area (Å²) < 4.78 is 5.53.